The molecule has 6 heteroatoms. The lowest BCUT2D eigenvalue weighted by atomic mass is 9.77. The number of carbonyl (C=O) groups excluding carboxylic acids is 1. The predicted molar refractivity (Wildman–Crippen MR) is 133 cm³/mol. The van der Waals surface area contributed by atoms with Gasteiger partial charge in [-0.2, -0.15) is 0 Å². The molecular weight excluding hydrogens is 426 g/mol. The van der Waals surface area contributed by atoms with E-state index in [0.717, 1.165) is 57.1 Å². The highest BCUT2D eigenvalue weighted by Crippen LogP contribution is 2.45. The number of nitrogens with one attached hydrogen (secondary N) is 1. The van der Waals surface area contributed by atoms with Crippen LogP contribution in [0.3, 0.4) is 0 Å². The highest BCUT2D eigenvalue weighted by atomic mass is 16.3. The summed E-state index contributed by atoms with van der Waals surface area (Å²) in [7, 11) is 0. The highest BCUT2D eigenvalue weighted by molar-refractivity contribution is 5.93. The molecule has 3 aliphatic rings. The van der Waals surface area contributed by atoms with E-state index in [1.54, 1.807) is 0 Å². The van der Waals surface area contributed by atoms with Crippen LogP contribution in [-0.2, 0) is 4.79 Å². The van der Waals surface area contributed by atoms with Crippen LogP contribution in [0.2, 0.25) is 0 Å². The van der Waals surface area contributed by atoms with E-state index < -0.39 is 6.10 Å². The summed E-state index contributed by atoms with van der Waals surface area (Å²) in [6, 6.07) is 10.7. The smallest absolute Gasteiger partial charge is 0.223 e. The summed E-state index contributed by atoms with van der Waals surface area (Å²) in [6.07, 6.45) is 10.6. The maximum atomic E-state index is 12.8. The van der Waals surface area contributed by atoms with Gasteiger partial charge in [0, 0.05) is 12.0 Å². The summed E-state index contributed by atoms with van der Waals surface area (Å²) in [6.45, 7) is 2.15. The first-order valence-corrected chi connectivity index (χ1v) is 13.0. The molecule has 1 aromatic heterocycles. The first kappa shape index (κ1) is 23.3. The molecule has 1 aromatic carbocycles. The van der Waals surface area contributed by atoms with E-state index in [-0.39, 0.29) is 35.9 Å². The molecule has 0 spiro atoms. The maximum Gasteiger partial charge on any atom is 0.223 e. The van der Waals surface area contributed by atoms with Crippen LogP contribution in [0.15, 0.2) is 42.9 Å². The summed E-state index contributed by atoms with van der Waals surface area (Å²) in [4.78, 5) is 17.2. The third-order valence-electron chi connectivity index (χ3n) is 8.40. The van der Waals surface area contributed by atoms with E-state index >= 15 is 0 Å². The van der Waals surface area contributed by atoms with Gasteiger partial charge in [0.15, 0.2) is 0 Å². The third kappa shape index (κ3) is 4.71. The molecule has 0 saturated heterocycles. The van der Waals surface area contributed by atoms with Gasteiger partial charge in [-0.15, -0.1) is 0 Å². The molecular formula is C28H37N3O3. The zero-order chi connectivity index (χ0) is 23.7. The molecule has 2 aliphatic carbocycles. The molecule has 1 unspecified atom stereocenters. The van der Waals surface area contributed by atoms with Crippen LogP contribution in [0, 0.1) is 11.8 Å². The van der Waals surface area contributed by atoms with Gasteiger partial charge >= 0.3 is 0 Å². The van der Waals surface area contributed by atoms with Gasteiger partial charge in [0.05, 0.1) is 36.5 Å². The first-order chi connectivity index (χ1) is 16.5. The van der Waals surface area contributed by atoms with E-state index in [4.69, 9.17) is 0 Å². The maximum absolute atomic E-state index is 12.8. The topological polar surface area (TPSA) is 87.4 Å². The molecule has 2 saturated carbocycles. The molecule has 5 rings (SSSR count). The molecule has 0 bridgehead atoms. The Morgan fingerprint density at radius 2 is 1.79 bits per heavy atom. The normalized spacial score (nSPS) is 30.1. The number of nitrogens with zero attached hydrogens (tertiary/aromatic N) is 2. The zero-order valence-corrected chi connectivity index (χ0v) is 20.1. The van der Waals surface area contributed by atoms with E-state index in [0.29, 0.717) is 6.42 Å². The molecule has 182 valence electrons. The first-order valence-electron chi connectivity index (χ1n) is 13.0. The quantitative estimate of drug-likeness (QED) is 0.595. The fourth-order valence-corrected chi connectivity index (χ4v) is 6.36. The van der Waals surface area contributed by atoms with Crippen molar-refractivity contribution in [1.82, 2.24) is 14.9 Å². The summed E-state index contributed by atoms with van der Waals surface area (Å²) in [5, 5.41) is 24.2. The number of carbonyl (C=O) groups is 1. The lowest BCUT2D eigenvalue weighted by Crippen LogP contribution is -2.43. The SMILES string of the molecule is CC1=C(c2ccccc2)C(C[C@H](O)C2CCC(C(=O)NC3CCC(O)CC3)CC2)n2cncc21. The summed E-state index contributed by atoms with van der Waals surface area (Å²) < 4.78 is 2.21. The zero-order valence-electron chi connectivity index (χ0n) is 20.1. The molecule has 2 heterocycles. The minimum absolute atomic E-state index is 0.0454. The van der Waals surface area contributed by atoms with Gasteiger partial charge in [-0.25, -0.2) is 4.98 Å². The molecule has 2 fully saturated rings. The van der Waals surface area contributed by atoms with Gasteiger partial charge in [-0.3, -0.25) is 4.79 Å². The Balaban J connectivity index is 1.19. The number of rotatable bonds is 6. The second kappa shape index (κ2) is 10.0. The van der Waals surface area contributed by atoms with Crippen molar-refractivity contribution in [3.05, 3.63) is 54.1 Å². The van der Waals surface area contributed by atoms with E-state index in [1.807, 2.05) is 18.6 Å². The summed E-state index contributed by atoms with van der Waals surface area (Å²) in [5.74, 6) is 0.431. The van der Waals surface area contributed by atoms with Crippen LogP contribution < -0.4 is 5.32 Å². The van der Waals surface area contributed by atoms with E-state index in [1.165, 1.54) is 16.7 Å². The van der Waals surface area contributed by atoms with Gasteiger partial charge in [0.25, 0.3) is 0 Å². The molecule has 2 aromatic rings. The second-order valence-corrected chi connectivity index (χ2v) is 10.5. The number of allylic oxidation sites excluding steroid dienone is 2. The summed E-state index contributed by atoms with van der Waals surface area (Å²) in [5.41, 5.74) is 4.85. The van der Waals surface area contributed by atoms with Crippen LogP contribution in [0.25, 0.3) is 11.1 Å². The lowest BCUT2D eigenvalue weighted by molar-refractivity contribution is -0.127. The number of hydrogen-bond acceptors (Lipinski definition) is 4. The van der Waals surface area contributed by atoms with Crippen LogP contribution in [0.5, 0.6) is 0 Å². The number of amides is 1. The molecule has 1 aliphatic heterocycles. The van der Waals surface area contributed by atoms with E-state index in [9.17, 15) is 15.0 Å². The number of fused-ring (bicyclic) bond motifs is 1. The minimum Gasteiger partial charge on any atom is -0.393 e. The molecule has 2 atom stereocenters. The Morgan fingerprint density at radius 1 is 1.09 bits per heavy atom. The van der Waals surface area contributed by atoms with Crippen LogP contribution in [0.4, 0.5) is 0 Å². The van der Waals surface area contributed by atoms with E-state index in [2.05, 4.69) is 46.1 Å². The van der Waals surface area contributed by atoms with Gasteiger partial charge in [0.1, 0.15) is 0 Å². The van der Waals surface area contributed by atoms with Crippen molar-refractivity contribution in [2.24, 2.45) is 11.8 Å². The standard InChI is InChI=1S/C28H37N3O3/c1-18-25-16-29-17-31(25)24(27(18)20-5-3-2-4-6-20)15-26(33)19-7-9-21(10-8-19)28(34)30-22-11-13-23(32)14-12-22/h2-6,16-17,19,21-24,26,32-33H,7-15H2,1H3,(H,30,34)/t19?,21?,22?,23?,24?,26-/m0/s1. The van der Waals surface area contributed by atoms with Crippen molar-refractivity contribution in [2.45, 2.75) is 89.0 Å². The number of aliphatic hydroxyl groups excluding tert-OH is 2. The van der Waals surface area contributed by atoms with Crippen LogP contribution >= 0.6 is 0 Å². The fourth-order valence-electron chi connectivity index (χ4n) is 6.36. The Morgan fingerprint density at radius 3 is 2.50 bits per heavy atom. The Labute approximate surface area is 202 Å². The van der Waals surface area contributed by atoms with Crippen molar-refractivity contribution in [2.75, 3.05) is 0 Å². The number of benzene rings is 1. The Hall–Kier alpha value is -2.44. The van der Waals surface area contributed by atoms with Crippen LogP contribution in [0.1, 0.15) is 82.0 Å². The average molecular weight is 464 g/mol. The number of hydrogen-bond donors (Lipinski definition) is 3. The lowest BCUT2D eigenvalue weighted by Gasteiger charge is -2.34. The van der Waals surface area contributed by atoms with Crippen molar-refractivity contribution < 1.29 is 15.0 Å². The molecule has 3 N–H and O–H groups in total. The Bertz CT molecular complexity index is 1010. The molecule has 0 radical (unpaired) electrons. The largest absolute Gasteiger partial charge is 0.393 e. The van der Waals surface area contributed by atoms with Crippen molar-refractivity contribution >= 4 is 17.1 Å². The predicted octanol–water partition coefficient (Wildman–Crippen LogP) is 4.35. The Kier molecular flexibility index (Phi) is 6.89. The monoisotopic (exact) mass is 463 g/mol. The van der Waals surface area contributed by atoms with Crippen molar-refractivity contribution in [3.63, 3.8) is 0 Å². The number of imidazole rings is 1. The fraction of sp³-hybridized carbons (Fsp3) is 0.571. The van der Waals surface area contributed by atoms with Crippen molar-refractivity contribution in [1.29, 1.82) is 0 Å². The van der Waals surface area contributed by atoms with Crippen molar-refractivity contribution in [3.8, 4) is 0 Å². The van der Waals surface area contributed by atoms with Gasteiger partial charge < -0.3 is 20.1 Å². The number of aliphatic hydroxyl groups is 2. The van der Waals surface area contributed by atoms with Crippen LogP contribution in [-0.4, -0.2) is 43.9 Å². The molecule has 1 amide bonds. The summed E-state index contributed by atoms with van der Waals surface area (Å²) >= 11 is 0. The van der Waals surface area contributed by atoms with Gasteiger partial charge in [-0.1, -0.05) is 30.3 Å². The van der Waals surface area contributed by atoms with Gasteiger partial charge in [0.2, 0.25) is 5.91 Å². The van der Waals surface area contributed by atoms with Gasteiger partial charge in [-0.05, 0) is 87.3 Å². The molecule has 6 nitrogen and oxygen atoms in total. The number of aromatic nitrogens is 2. The third-order valence-corrected chi connectivity index (χ3v) is 8.40. The average Bonchev–Trinajstić information content (AvgIpc) is 3.44. The highest BCUT2D eigenvalue weighted by Gasteiger charge is 2.36. The minimum atomic E-state index is -0.409. The molecule has 34 heavy (non-hydrogen) atoms. The second-order valence-electron chi connectivity index (χ2n) is 10.5.